The molecule has 0 aliphatic carbocycles. The van der Waals surface area contributed by atoms with Crippen LogP contribution in [0, 0.1) is 18.3 Å². The lowest BCUT2D eigenvalue weighted by Crippen LogP contribution is -2.30. The lowest BCUT2D eigenvalue weighted by molar-refractivity contribution is -0.123. The number of rotatable bonds is 4. The predicted octanol–water partition coefficient (Wildman–Crippen LogP) is 2.76. The third-order valence-corrected chi connectivity index (χ3v) is 3.37. The van der Waals surface area contributed by atoms with E-state index in [2.05, 4.69) is 5.32 Å². The van der Waals surface area contributed by atoms with Crippen LogP contribution in [0.2, 0.25) is 0 Å². The molecule has 2 aromatic carbocycles. The molecule has 2 rings (SSSR count). The molecule has 0 unspecified atom stereocenters. The third kappa shape index (κ3) is 3.90. The van der Waals surface area contributed by atoms with E-state index < -0.39 is 18.0 Å². The van der Waals surface area contributed by atoms with Crippen LogP contribution < -0.4 is 5.32 Å². The molecule has 0 saturated carbocycles. The van der Waals surface area contributed by atoms with Gasteiger partial charge < -0.3 is 15.2 Å². The van der Waals surface area contributed by atoms with Crippen molar-refractivity contribution >= 4 is 17.6 Å². The maximum atomic E-state index is 12.1. The Kier molecular flexibility index (Phi) is 5.17. The number of esters is 1. The number of nitrogens with one attached hydrogen (secondary N) is 1. The summed E-state index contributed by atoms with van der Waals surface area (Å²) in [7, 11) is 0. The quantitative estimate of drug-likeness (QED) is 0.842. The van der Waals surface area contributed by atoms with Crippen LogP contribution in [-0.4, -0.2) is 23.1 Å². The van der Waals surface area contributed by atoms with Gasteiger partial charge in [-0.25, -0.2) is 4.79 Å². The van der Waals surface area contributed by atoms with Gasteiger partial charge in [-0.3, -0.25) is 4.79 Å². The molecule has 2 N–H and O–H groups in total. The summed E-state index contributed by atoms with van der Waals surface area (Å²) >= 11 is 0. The van der Waals surface area contributed by atoms with Crippen molar-refractivity contribution < 1.29 is 19.4 Å². The van der Waals surface area contributed by atoms with Crippen molar-refractivity contribution in [2.45, 2.75) is 20.0 Å². The Hall–Kier alpha value is -3.33. The van der Waals surface area contributed by atoms with Gasteiger partial charge in [0.25, 0.3) is 5.91 Å². The van der Waals surface area contributed by atoms with Gasteiger partial charge in [0.2, 0.25) is 0 Å². The van der Waals surface area contributed by atoms with E-state index in [4.69, 9.17) is 10.00 Å². The Balaban J connectivity index is 2.04. The zero-order chi connectivity index (χ0) is 17.7. The maximum Gasteiger partial charge on any atom is 0.342 e. The van der Waals surface area contributed by atoms with E-state index in [9.17, 15) is 14.7 Å². The summed E-state index contributed by atoms with van der Waals surface area (Å²) in [5.41, 5.74) is 1.37. The largest absolute Gasteiger partial charge is 0.507 e. The first-order valence-electron chi connectivity index (χ1n) is 7.23. The lowest BCUT2D eigenvalue weighted by Gasteiger charge is -2.14. The van der Waals surface area contributed by atoms with E-state index in [1.165, 1.54) is 19.1 Å². The Morgan fingerprint density at radius 3 is 2.67 bits per heavy atom. The van der Waals surface area contributed by atoms with Gasteiger partial charge in [0.05, 0.1) is 11.6 Å². The first-order valence-corrected chi connectivity index (χ1v) is 7.23. The SMILES string of the molecule is Cc1cccc(C(=O)O[C@@H](C)C(=O)Nc2cccc(C#N)c2)c1O. The Bertz CT molecular complexity index is 824. The average molecular weight is 324 g/mol. The zero-order valence-corrected chi connectivity index (χ0v) is 13.2. The topological polar surface area (TPSA) is 99.4 Å². The van der Waals surface area contributed by atoms with Gasteiger partial charge in [0, 0.05) is 5.69 Å². The zero-order valence-electron chi connectivity index (χ0n) is 13.2. The fourth-order valence-electron chi connectivity index (χ4n) is 2.01. The van der Waals surface area contributed by atoms with E-state index in [0.29, 0.717) is 16.8 Å². The van der Waals surface area contributed by atoms with Crippen LogP contribution in [0.3, 0.4) is 0 Å². The fraction of sp³-hybridized carbons (Fsp3) is 0.167. The molecule has 0 aromatic heterocycles. The summed E-state index contributed by atoms with van der Waals surface area (Å²) in [5.74, 6) is -1.49. The number of nitrogens with zero attached hydrogens (tertiary/aromatic N) is 1. The van der Waals surface area contributed by atoms with Gasteiger partial charge in [-0.1, -0.05) is 18.2 Å². The minimum absolute atomic E-state index is 0.00104. The molecule has 2 aromatic rings. The van der Waals surface area contributed by atoms with Crippen LogP contribution in [-0.2, 0) is 9.53 Å². The van der Waals surface area contributed by atoms with Crippen molar-refractivity contribution in [2.24, 2.45) is 0 Å². The van der Waals surface area contributed by atoms with E-state index in [0.717, 1.165) is 0 Å². The summed E-state index contributed by atoms with van der Waals surface area (Å²) in [6.45, 7) is 3.08. The van der Waals surface area contributed by atoms with Gasteiger partial charge in [-0.2, -0.15) is 5.26 Å². The molecule has 0 aliphatic rings. The number of aromatic hydroxyl groups is 1. The number of carbonyl (C=O) groups is 2. The summed E-state index contributed by atoms with van der Waals surface area (Å²) in [6, 6.07) is 13.0. The second-order valence-corrected chi connectivity index (χ2v) is 5.20. The summed E-state index contributed by atoms with van der Waals surface area (Å²) in [6.07, 6.45) is -1.07. The smallest absolute Gasteiger partial charge is 0.342 e. The number of anilines is 1. The number of para-hydroxylation sites is 1. The molecule has 0 spiro atoms. The first-order chi connectivity index (χ1) is 11.4. The van der Waals surface area contributed by atoms with E-state index >= 15 is 0 Å². The first kappa shape index (κ1) is 17.0. The van der Waals surface area contributed by atoms with Crippen molar-refractivity contribution in [1.82, 2.24) is 0 Å². The Labute approximate surface area is 139 Å². The molecule has 122 valence electrons. The van der Waals surface area contributed by atoms with Gasteiger partial charge in [0.1, 0.15) is 11.3 Å². The standard InChI is InChI=1S/C18H16N2O4/c1-11-5-3-8-15(16(11)21)18(23)24-12(2)17(22)20-14-7-4-6-13(9-14)10-19/h3-9,12,21H,1-2H3,(H,20,22)/t12-/m0/s1. The summed E-state index contributed by atoms with van der Waals surface area (Å²) in [4.78, 5) is 24.2. The molecule has 24 heavy (non-hydrogen) atoms. The van der Waals surface area contributed by atoms with Crippen molar-refractivity contribution in [3.05, 3.63) is 59.2 Å². The van der Waals surface area contributed by atoms with Crippen molar-refractivity contribution in [2.75, 3.05) is 5.32 Å². The second kappa shape index (κ2) is 7.29. The van der Waals surface area contributed by atoms with Gasteiger partial charge in [-0.15, -0.1) is 0 Å². The van der Waals surface area contributed by atoms with Crippen molar-refractivity contribution in [3.63, 3.8) is 0 Å². The minimum Gasteiger partial charge on any atom is -0.507 e. The van der Waals surface area contributed by atoms with Crippen LogP contribution >= 0.6 is 0 Å². The number of phenolic OH excluding ortho intramolecular Hbond substituents is 1. The minimum atomic E-state index is -1.07. The van der Waals surface area contributed by atoms with E-state index in [-0.39, 0.29) is 11.3 Å². The number of aryl methyl sites for hydroxylation is 1. The van der Waals surface area contributed by atoms with Crippen LogP contribution in [0.25, 0.3) is 0 Å². The van der Waals surface area contributed by atoms with Crippen molar-refractivity contribution in [3.8, 4) is 11.8 Å². The summed E-state index contributed by atoms with van der Waals surface area (Å²) in [5, 5.41) is 21.3. The van der Waals surface area contributed by atoms with E-state index in [1.54, 1.807) is 37.3 Å². The van der Waals surface area contributed by atoms with Gasteiger partial charge >= 0.3 is 5.97 Å². The highest BCUT2D eigenvalue weighted by molar-refractivity contribution is 5.98. The van der Waals surface area contributed by atoms with Gasteiger partial charge in [-0.05, 0) is 43.7 Å². The monoisotopic (exact) mass is 324 g/mol. The Morgan fingerprint density at radius 1 is 1.25 bits per heavy atom. The van der Waals surface area contributed by atoms with Crippen LogP contribution in [0.5, 0.6) is 5.75 Å². The number of benzene rings is 2. The van der Waals surface area contributed by atoms with Crippen LogP contribution in [0.1, 0.15) is 28.4 Å². The fourth-order valence-corrected chi connectivity index (χ4v) is 2.01. The molecule has 0 bridgehead atoms. The third-order valence-electron chi connectivity index (χ3n) is 3.37. The van der Waals surface area contributed by atoms with E-state index in [1.807, 2.05) is 6.07 Å². The lowest BCUT2D eigenvalue weighted by atomic mass is 10.1. The van der Waals surface area contributed by atoms with Crippen LogP contribution in [0.15, 0.2) is 42.5 Å². The number of ether oxygens (including phenoxy) is 1. The molecule has 1 amide bonds. The highest BCUT2D eigenvalue weighted by Crippen LogP contribution is 2.22. The van der Waals surface area contributed by atoms with Crippen LogP contribution in [0.4, 0.5) is 5.69 Å². The highest BCUT2D eigenvalue weighted by Gasteiger charge is 2.21. The van der Waals surface area contributed by atoms with Gasteiger partial charge in [0.15, 0.2) is 6.10 Å². The average Bonchev–Trinajstić information content (AvgIpc) is 2.57. The number of hydrogen-bond donors (Lipinski definition) is 2. The highest BCUT2D eigenvalue weighted by atomic mass is 16.5. The molecule has 0 saturated heterocycles. The number of amides is 1. The number of phenols is 1. The molecular formula is C18H16N2O4. The molecular weight excluding hydrogens is 308 g/mol. The normalized spacial score (nSPS) is 11.2. The molecule has 0 fully saturated rings. The molecule has 1 atom stereocenters. The maximum absolute atomic E-state index is 12.1. The number of nitriles is 1. The molecule has 6 nitrogen and oxygen atoms in total. The van der Waals surface area contributed by atoms with Crippen molar-refractivity contribution in [1.29, 1.82) is 5.26 Å². The predicted molar refractivity (Wildman–Crippen MR) is 87.5 cm³/mol. The molecule has 6 heteroatoms. The molecule has 0 radical (unpaired) electrons. The summed E-state index contributed by atoms with van der Waals surface area (Å²) < 4.78 is 5.09. The molecule has 0 heterocycles. The number of carbonyl (C=O) groups excluding carboxylic acids is 2. The molecule has 0 aliphatic heterocycles. The second-order valence-electron chi connectivity index (χ2n) is 5.20. The number of hydrogen-bond acceptors (Lipinski definition) is 5. The Morgan fingerprint density at radius 2 is 1.96 bits per heavy atom.